The second kappa shape index (κ2) is 7.38. The second-order valence-corrected chi connectivity index (χ2v) is 9.59. The number of nitrogens with zero attached hydrogens (tertiary/aromatic N) is 1. The molecule has 2 saturated heterocycles. The Morgan fingerprint density at radius 2 is 1.93 bits per heavy atom. The van der Waals surface area contributed by atoms with Crippen molar-refractivity contribution in [2.75, 3.05) is 20.2 Å². The minimum atomic E-state index is -0.485. The third-order valence-electron chi connectivity index (χ3n) is 6.41. The summed E-state index contributed by atoms with van der Waals surface area (Å²) in [5.41, 5.74) is 0.312. The number of fused-ring (bicyclic) bond motifs is 4. The average Bonchev–Trinajstić information content (AvgIpc) is 2.66. The number of piperidine rings is 1. The predicted molar refractivity (Wildman–Crippen MR) is 109 cm³/mol. The summed E-state index contributed by atoms with van der Waals surface area (Å²) in [6.45, 7) is 9.11. The van der Waals surface area contributed by atoms with Gasteiger partial charge in [-0.2, -0.15) is 0 Å². The monoisotopic (exact) mass is 403 g/mol. The van der Waals surface area contributed by atoms with Crippen molar-refractivity contribution in [1.82, 2.24) is 4.90 Å². The smallest absolute Gasteiger partial charge is 0.410 e. The van der Waals surface area contributed by atoms with Crippen molar-refractivity contribution in [3.63, 3.8) is 0 Å². The maximum atomic E-state index is 12.5. The van der Waals surface area contributed by atoms with Gasteiger partial charge in [-0.05, 0) is 52.7 Å². The molecule has 2 fully saturated rings. The molecule has 3 atom stereocenters. The van der Waals surface area contributed by atoms with Crippen LogP contribution in [0.3, 0.4) is 0 Å². The highest BCUT2D eigenvalue weighted by Gasteiger charge is 2.53. The molecule has 6 heteroatoms. The van der Waals surface area contributed by atoms with Gasteiger partial charge in [-0.1, -0.05) is 0 Å². The van der Waals surface area contributed by atoms with E-state index in [0.717, 1.165) is 42.7 Å². The van der Waals surface area contributed by atoms with Crippen LogP contribution in [0.5, 0.6) is 11.5 Å². The number of rotatable bonds is 1. The van der Waals surface area contributed by atoms with Crippen molar-refractivity contribution in [3.8, 4) is 11.5 Å². The van der Waals surface area contributed by atoms with Gasteiger partial charge in [-0.3, -0.25) is 0 Å². The van der Waals surface area contributed by atoms with E-state index >= 15 is 0 Å². The first-order valence-electron chi connectivity index (χ1n) is 10.7. The fourth-order valence-corrected chi connectivity index (χ4v) is 4.93. The molecule has 3 heterocycles. The molecule has 0 aromatic heterocycles. The lowest BCUT2D eigenvalue weighted by atomic mass is 9.69. The summed E-state index contributed by atoms with van der Waals surface area (Å²) in [5, 5.41) is 0. The van der Waals surface area contributed by atoms with Crippen LogP contribution in [0, 0.1) is 5.92 Å². The fraction of sp³-hybridized carbons (Fsp3) is 0.696. The zero-order valence-electron chi connectivity index (χ0n) is 18.2. The molecule has 1 spiro atoms. The molecular weight excluding hydrogens is 370 g/mol. The predicted octanol–water partition coefficient (Wildman–Crippen LogP) is 4.71. The third kappa shape index (κ3) is 3.91. The summed E-state index contributed by atoms with van der Waals surface area (Å²) in [7, 11) is 1.67. The van der Waals surface area contributed by atoms with E-state index in [0.29, 0.717) is 19.0 Å². The summed E-state index contributed by atoms with van der Waals surface area (Å²) in [6, 6.07) is 6.02. The van der Waals surface area contributed by atoms with E-state index in [2.05, 4.69) is 13.0 Å². The van der Waals surface area contributed by atoms with E-state index in [1.165, 1.54) is 0 Å². The number of carbonyl (C=O) groups is 1. The lowest BCUT2D eigenvalue weighted by Crippen LogP contribution is -2.58. The highest BCUT2D eigenvalue weighted by atomic mass is 16.6. The van der Waals surface area contributed by atoms with Crippen LogP contribution >= 0.6 is 0 Å². The van der Waals surface area contributed by atoms with Crippen LogP contribution in [-0.2, 0) is 9.47 Å². The van der Waals surface area contributed by atoms with Gasteiger partial charge in [0.1, 0.15) is 22.7 Å². The van der Waals surface area contributed by atoms with Gasteiger partial charge in [0, 0.05) is 43.5 Å². The summed E-state index contributed by atoms with van der Waals surface area (Å²) < 4.78 is 24.1. The molecule has 29 heavy (non-hydrogen) atoms. The zero-order chi connectivity index (χ0) is 20.8. The van der Waals surface area contributed by atoms with Gasteiger partial charge in [0.2, 0.25) is 0 Å². The molecule has 1 aromatic rings. The van der Waals surface area contributed by atoms with Crippen LogP contribution in [-0.4, -0.2) is 48.5 Å². The molecule has 6 nitrogen and oxygen atoms in total. The molecule has 0 N–H and O–H groups in total. The molecule has 160 valence electrons. The second-order valence-electron chi connectivity index (χ2n) is 9.59. The van der Waals surface area contributed by atoms with Crippen LogP contribution in [0.1, 0.15) is 65.0 Å². The van der Waals surface area contributed by atoms with Crippen LogP contribution in [0.25, 0.3) is 0 Å². The summed E-state index contributed by atoms with van der Waals surface area (Å²) in [4.78, 5) is 14.3. The lowest BCUT2D eigenvalue weighted by molar-refractivity contribution is -0.169. The minimum absolute atomic E-state index is 0.0292. The first kappa shape index (κ1) is 20.3. The summed E-state index contributed by atoms with van der Waals surface area (Å²) in [5.74, 6) is 1.93. The molecule has 4 rings (SSSR count). The van der Waals surface area contributed by atoms with Crippen LogP contribution in [0.2, 0.25) is 0 Å². The third-order valence-corrected chi connectivity index (χ3v) is 6.41. The van der Waals surface area contributed by atoms with E-state index < -0.39 is 5.60 Å². The molecular formula is C23H33NO5. The molecule has 0 unspecified atom stereocenters. The first-order valence-corrected chi connectivity index (χ1v) is 10.7. The van der Waals surface area contributed by atoms with Gasteiger partial charge >= 0.3 is 6.09 Å². The average molecular weight is 404 g/mol. The van der Waals surface area contributed by atoms with Crippen molar-refractivity contribution < 1.29 is 23.7 Å². The van der Waals surface area contributed by atoms with Gasteiger partial charge < -0.3 is 23.8 Å². The highest BCUT2D eigenvalue weighted by molar-refractivity contribution is 5.68. The lowest BCUT2D eigenvalue weighted by Gasteiger charge is -2.54. The SMILES string of the molecule is COc1ccc2c(c1)OC1(CCN(C(=O)OC(C)(C)C)CC1)[C@@H]1CC[C@@H](C)O[C@@H]21. The number of hydrogen-bond acceptors (Lipinski definition) is 5. The van der Waals surface area contributed by atoms with Crippen molar-refractivity contribution in [2.24, 2.45) is 5.92 Å². The van der Waals surface area contributed by atoms with Crippen molar-refractivity contribution in [3.05, 3.63) is 23.8 Å². The van der Waals surface area contributed by atoms with Crippen LogP contribution in [0.4, 0.5) is 4.79 Å². The molecule has 0 saturated carbocycles. The minimum Gasteiger partial charge on any atom is -0.497 e. The standard InChI is InChI=1S/C23H33NO5/c1-15-6-9-18-20(27-15)17-8-7-16(26-5)14-19(17)28-23(18)10-12-24(13-11-23)21(25)29-22(2,3)4/h7-8,14-15,18,20H,6,9-13H2,1-5H3/t15-,18-,20+/m1/s1. The quantitative estimate of drug-likeness (QED) is 0.679. The Balaban J connectivity index is 1.58. The van der Waals surface area contributed by atoms with Gasteiger partial charge in [-0.15, -0.1) is 0 Å². The van der Waals surface area contributed by atoms with Gasteiger partial charge in [0.05, 0.1) is 19.3 Å². The Labute approximate surface area is 173 Å². The van der Waals surface area contributed by atoms with E-state index in [4.69, 9.17) is 18.9 Å². The van der Waals surface area contributed by atoms with Crippen LogP contribution < -0.4 is 9.47 Å². The Morgan fingerprint density at radius 1 is 1.21 bits per heavy atom. The molecule has 0 radical (unpaired) electrons. The van der Waals surface area contributed by atoms with E-state index in [-0.39, 0.29) is 23.9 Å². The summed E-state index contributed by atoms with van der Waals surface area (Å²) >= 11 is 0. The van der Waals surface area contributed by atoms with E-state index in [1.54, 1.807) is 7.11 Å². The van der Waals surface area contributed by atoms with Gasteiger partial charge in [0.15, 0.2) is 0 Å². The molecule has 1 amide bonds. The number of hydrogen-bond donors (Lipinski definition) is 0. The molecule has 0 bridgehead atoms. The van der Waals surface area contributed by atoms with Crippen molar-refractivity contribution in [1.29, 1.82) is 0 Å². The van der Waals surface area contributed by atoms with Gasteiger partial charge in [0.25, 0.3) is 0 Å². The topological polar surface area (TPSA) is 57.2 Å². The van der Waals surface area contributed by atoms with Gasteiger partial charge in [-0.25, -0.2) is 4.79 Å². The first-order chi connectivity index (χ1) is 13.7. The number of methoxy groups -OCH3 is 1. The Hall–Kier alpha value is -1.95. The number of ether oxygens (including phenoxy) is 4. The summed E-state index contributed by atoms with van der Waals surface area (Å²) in [6.07, 6.45) is 3.70. The largest absolute Gasteiger partial charge is 0.497 e. The number of benzene rings is 1. The number of carbonyl (C=O) groups excluding carboxylic acids is 1. The normalized spacial score (nSPS) is 28.2. The number of likely N-dealkylation sites (tertiary alicyclic amines) is 1. The zero-order valence-corrected chi connectivity index (χ0v) is 18.2. The van der Waals surface area contributed by atoms with Crippen molar-refractivity contribution >= 4 is 6.09 Å². The molecule has 3 aliphatic heterocycles. The van der Waals surface area contributed by atoms with E-state index in [9.17, 15) is 4.79 Å². The molecule has 0 aliphatic carbocycles. The maximum absolute atomic E-state index is 12.5. The Kier molecular flexibility index (Phi) is 5.18. The maximum Gasteiger partial charge on any atom is 0.410 e. The molecule has 1 aromatic carbocycles. The number of amides is 1. The molecule has 3 aliphatic rings. The Morgan fingerprint density at radius 3 is 2.59 bits per heavy atom. The highest BCUT2D eigenvalue weighted by Crippen LogP contribution is 2.54. The fourth-order valence-electron chi connectivity index (χ4n) is 4.93. The van der Waals surface area contributed by atoms with Crippen molar-refractivity contribution in [2.45, 2.75) is 76.8 Å². The van der Waals surface area contributed by atoms with E-state index in [1.807, 2.05) is 37.8 Å². The van der Waals surface area contributed by atoms with Crippen LogP contribution in [0.15, 0.2) is 18.2 Å². The Bertz CT molecular complexity index is 763.